The van der Waals surface area contributed by atoms with E-state index in [1.165, 1.54) is 0 Å². The average molecular weight is 266 g/mol. The lowest BCUT2D eigenvalue weighted by Gasteiger charge is -1.95. The van der Waals surface area contributed by atoms with Crippen LogP contribution in [0.5, 0.6) is 0 Å². The summed E-state index contributed by atoms with van der Waals surface area (Å²) < 4.78 is 5.20. The van der Waals surface area contributed by atoms with Gasteiger partial charge >= 0.3 is 0 Å². The third kappa shape index (κ3) is 3.55. The molecule has 0 fully saturated rings. The molecule has 1 heterocycles. The Balaban J connectivity index is 1.97. The Hall–Kier alpha value is -1.39. The molecule has 96 valence electrons. The van der Waals surface area contributed by atoms with E-state index in [1.54, 1.807) is 0 Å². The number of aryl methyl sites for hydroxylation is 1. The van der Waals surface area contributed by atoms with E-state index in [0.29, 0.717) is 16.7 Å². The molecule has 4 nitrogen and oxygen atoms in total. The SMILES string of the molecule is NCCCCCc1nc(-c2cccc(Cl)c2)no1. The van der Waals surface area contributed by atoms with Gasteiger partial charge in [0, 0.05) is 17.0 Å². The van der Waals surface area contributed by atoms with Gasteiger partial charge < -0.3 is 10.3 Å². The number of halogens is 1. The Bertz CT molecular complexity index is 498. The molecule has 0 spiro atoms. The van der Waals surface area contributed by atoms with Gasteiger partial charge in [0.05, 0.1) is 0 Å². The summed E-state index contributed by atoms with van der Waals surface area (Å²) in [6, 6.07) is 7.42. The summed E-state index contributed by atoms with van der Waals surface area (Å²) in [5, 5.41) is 4.63. The van der Waals surface area contributed by atoms with Crippen LogP contribution < -0.4 is 5.73 Å². The summed E-state index contributed by atoms with van der Waals surface area (Å²) >= 11 is 5.92. The molecule has 0 atom stereocenters. The first kappa shape index (κ1) is 13.1. The molecule has 18 heavy (non-hydrogen) atoms. The molecule has 0 aliphatic carbocycles. The van der Waals surface area contributed by atoms with Gasteiger partial charge in [0.15, 0.2) is 0 Å². The van der Waals surface area contributed by atoms with E-state index in [1.807, 2.05) is 24.3 Å². The fourth-order valence-corrected chi connectivity index (χ4v) is 1.89. The standard InChI is InChI=1S/C13H16ClN3O/c14-11-6-4-5-10(9-11)13-16-12(18-17-13)7-2-1-3-8-15/h4-6,9H,1-3,7-8,15H2. The highest BCUT2D eigenvalue weighted by molar-refractivity contribution is 6.30. The van der Waals surface area contributed by atoms with Crippen molar-refractivity contribution in [3.05, 3.63) is 35.2 Å². The normalized spacial score (nSPS) is 10.8. The summed E-state index contributed by atoms with van der Waals surface area (Å²) in [5.74, 6) is 1.26. The molecule has 0 saturated heterocycles. The van der Waals surface area contributed by atoms with Gasteiger partial charge in [-0.1, -0.05) is 35.3 Å². The van der Waals surface area contributed by atoms with E-state index >= 15 is 0 Å². The minimum Gasteiger partial charge on any atom is -0.339 e. The molecule has 5 heteroatoms. The van der Waals surface area contributed by atoms with Crippen molar-refractivity contribution in [1.82, 2.24) is 10.1 Å². The van der Waals surface area contributed by atoms with E-state index in [2.05, 4.69) is 10.1 Å². The molecule has 2 N–H and O–H groups in total. The topological polar surface area (TPSA) is 64.9 Å². The second kappa shape index (κ2) is 6.52. The van der Waals surface area contributed by atoms with Crippen LogP contribution in [0.3, 0.4) is 0 Å². The van der Waals surface area contributed by atoms with Crippen LogP contribution in [0.1, 0.15) is 25.2 Å². The summed E-state index contributed by atoms with van der Waals surface area (Å²) in [6.07, 6.45) is 3.95. The molecule has 1 aromatic carbocycles. The first-order valence-electron chi connectivity index (χ1n) is 6.08. The first-order chi connectivity index (χ1) is 8.79. The van der Waals surface area contributed by atoms with Crippen LogP contribution in [-0.4, -0.2) is 16.7 Å². The van der Waals surface area contributed by atoms with Gasteiger partial charge in [0.2, 0.25) is 11.7 Å². The monoisotopic (exact) mass is 265 g/mol. The molecular formula is C13H16ClN3O. The maximum absolute atomic E-state index is 5.92. The number of aromatic nitrogens is 2. The Morgan fingerprint density at radius 3 is 2.89 bits per heavy atom. The number of nitrogens with zero attached hydrogens (tertiary/aromatic N) is 2. The van der Waals surface area contributed by atoms with Gasteiger partial charge in [0.25, 0.3) is 0 Å². The van der Waals surface area contributed by atoms with Crippen molar-refractivity contribution in [3.8, 4) is 11.4 Å². The van der Waals surface area contributed by atoms with Crippen LogP contribution in [0.15, 0.2) is 28.8 Å². The maximum atomic E-state index is 5.92. The number of hydrogen-bond donors (Lipinski definition) is 1. The third-order valence-corrected chi connectivity index (χ3v) is 2.88. The Labute approximate surface area is 111 Å². The molecule has 0 unspecified atom stereocenters. The molecule has 0 saturated carbocycles. The molecule has 0 radical (unpaired) electrons. The van der Waals surface area contributed by atoms with Gasteiger partial charge in [-0.15, -0.1) is 0 Å². The smallest absolute Gasteiger partial charge is 0.226 e. The van der Waals surface area contributed by atoms with Crippen LogP contribution in [-0.2, 0) is 6.42 Å². The van der Waals surface area contributed by atoms with Gasteiger partial charge in [-0.25, -0.2) is 0 Å². The largest absolute Gasteiger partial charge is 0.339 e. The summed E-state index contributed by atoms with van der Waals surface area (Å²) in [6.45, 7) is 0.734. The van der Waals surface area contributed by atoms with E-state index in [9.17, 15) is 0 Å². The fraction of sp³-hybridized carbons (Fsp3) is 0.385. The minimum absolute atomic E-state index is 0.589. The highest BCUT2D eigenvalue weighted by Gasteiger charge is 2.08. The average Bonchev–Trinajstić information content (AvgIpc) is 2.83. The van der Waals surface area contributed by atoms with Gasteiger partial charge in [-0.05, 0) is 31.5 Å². The van der Waals surface area contributed by atoms with Crippen LogP contribution in [0.2, 0.25) is 5.02 Å². The molecule has 1 aromatic heterocycles. The fourth-order valence-electron chi connectivity index (χ4n) is 1.70. The molecule has 2 rings (SSSR count). The highest BCUT2D eigenvalue weighted by atomic mass is 35.5. The van der Waals surface area contributed by atoms with Crippen molar-refractivity contribution >= 4 is 11.6 Å². The number of benzene rings is 1. The predicted octanol–water partition coefficient (Wildman–Crippen LogP) is 3.06. The lowest BCUT2D eigenvalue weighted by Crippen LogP contribution is -1.98. The number of hydrogen-bond acceptors (Lipinski definition) is 4. The maximum Gasteiger partial charge on any atom is 0.226 e. The molecule has 0 aliphatic rings. The van der Waals surface area contributed by atoms with E-state index < -0.39 is 0 Å². The summed E-state index contributed by atoms with van der Waals surface area (Å²) in [5.41, 5.74) is 6.31. The van der Waals surface area contributed by atoms with E-state index in [0.717, 1.165) is 37.8 Å². The Kier molecular flexibility index (Phi) is 4.73. The Morgan fingerprint density at radius 2 is 2.11 bits per heavy atom. The predicted molar refractivity (Wildman–Crippen MR) is 71.4 cm³/mol. The lowest BCUT2D eigenvalue weighted by molar-refractivity contribution is 0.374. The van der Waals surface area contributed by atoms with Crippen molar-refractivity contribution in [2.75, 3.05) is 6.54 Å². The van der Waals surface area contributed by atoms with Crippen LogP contribution in [0.4, 0.5) is 0 Å². The molecule has 0 amide bonds. The van der Waals surface area contributed by atoms with Crippen molar-refractivity contribution in [2.24, 2.45) is 5.73 Å². The summed E-state index contributed by atoms with van der Waals surface area (Å²) in [7, 11) is 0. The molecular weight excluding hydrogens is 250 g/mol. The van der Waals surface area contributed by atoms with Crippen molar-refractivity contribution in [2.45, 2.75) is 25.7 Å². The lowest BCUT2D eigenvalue weighted by atomic mass is 10.2. The highest BCUT2D eigenvalue weighted by Crippen LogP contribution is 2.20. The van der Waals surface area contributed by atoms with E-state index in [4.69, 9.17) is 21.9 Å². The molecule has 0 aliphatic heterocycles. The molecule has 2 aromatic rings. The number of nitrogens with two attached hydrogens (primary N) is 1. The van der Waals surface area contributed by atoms with Crippen molar-refractivity contribution < 1.29 is 4.52 Å². The van der Waals surface area contributed by atoms with E-state index in [-0.39, 0.29) is 0 Å². The Morgan fingerprint density at radius 1 is 1.22 bits per heavy atom. The zero-order valence-electron chi connectivity index (χ0n) is 10.1. The number of rotatable bonds is 6. The second-order valence-electron chi connectivity index (χ2n) is 4.12. The first-order valence-corrected chi connectivity index (χ1v) is 6.46. The zero-order chi connectivity index (χ0) is 12.8. The zero-order valence-corrected chi connectivity index (χ0v) is 10.9. The molecule has 0 bridgehead atoms. The van der Waals surface area contributed by atoms with Crippen molar-refractivity contribution in [1.29, 1.82) is 0 Å². The third-order valence-electron chi connectivity index (χ3n) is 2.65. The second-order valence-corrected chi connectivity index (χ2v) is 4.56. The van der Waals surface area contributed by atoms with Crippen molar-refractivity contribution in [3.63, 3.8) is 0 Å². The van der Waals surface area contributed by atoms with Crippen LogP contribution in [0.25, 0.3) is 11.4 Å². The number of unbranched alkanes of at least 4 members (excludes halogenated alkanes) is 2. The van der Waals surface area contributed by atoms with Crippen LogP contribution in [0, 0.1) is 0 Å². The quantitative estimate of drug-likeness (QED) is 0.815. The summed E-state index contributed by atoms with van der Waals surface area (Å²) in [4.78, 5) is 4.35. The minimum atomic E-state index is 0.589. The van der Waals surface area contributed by atoms with Gasteiger partial charge in [-0.3, -0.25) is 0 Å². The van der Waals surface area contributed by atoms with Crippen LogP contribution >= 0.6 is 11.6 Å². The van der Waals surface area contributed by atoms with Gasteiger partial charge in [-0.2, -0.15) is 4.98 Å². The van der Waals surface area contributed by atoms with Gasteiger partial charge in [0.1, 0.15) is 0 Å².